The summed E-state index contributed by atoms with van der Waals surface area (Å²) in [4.78, 5) is 16.7. The molecule has 5 heteroatoms. The molecule has 0 amide bonds. The zero-order valence-electron chi connectivity index (χ0n) is 23.5. The largest absolute Gasteiger partial charge is 0.355 e. The molecule has 4 aromatic rings. The highest BCUT2D eigenvalue weighted by Crippen LogP contribution is 2.31. The van der Waals surface area contributed by atoms with Gasteiger partial charge in [-0.05, 0) is 96.5 Å². The minimum absolute atomic E-state index is 0.882. The number of fused-ring (bicyclic) bond motifs is 8. The number of H-pyrrole nitrogens is 2. The summed E-state index contributed by atoms with van der Waals surface area (Å²) in [6.07, 6.45) is 14.1. The van der Waals surface area contributed by atoms with Crippen LogP contribution in [0.4, 0.5) is 0 Å². The lowest BCUT2D eigenvalue weighted by atomic mass is 10.0. The first-order chi connectivity index (χ1) is 20.6. The van der Waals surface area contributed by atoms with Gasteiger partial charge in [-0.2, -0.15) is 0 Å². The van der Waals surface area contributed by atoms with Gasteiger partial charge in [-0.15, -0.1) is 25.3 Å². The second-order valence-corrected chi connectivity index (χ2v) is 14.7. The summed E-state index contributed by atoms with van der Waals surface area (Å²) < 4.78 is 0. The van der Waals surface area contributed by atoms with Crippen molar-refractivity contribution in [3.05, 3.63) is 133 Å². The van der Waals surface area contributed by atoms with E-state index in [4.69, 9.17) is 9.97 Å². The van der Waals surface area contributed by atoms with Gasteiger partial charge in [0.1, 0.15) is 8.07 Å². The van der Waals surface area contributed by atoms with E-state index in [9.17, 15) is 0 Å². The Morgan fingerprint density at radius 1 is 0.619 bits per heavy atom. The number of benzene rings is 1. The van der Waals surface area contributed by atoms with Gasteiger partial charge in [0.2, 0.25) is 0 Å². The van der Waals surface area contributed by atoms with Gasteiger partial charge in [0.15, 0.2) is 0 Å². The van der Waals surface area contributed by atoms with Gasteiger partial charge in [-0.3, -0.25) is 0 Å². The molecule has 2 N–H and O–H groups in total. The minimum atomic E-state index is -2.01. The Morgan fingerprint density at radius 2 is 1.17 bits per heavy atom. The molecule has 4 nitrogen and oxygen atoms in total. The van der Waals surface area contributed by atoms with Gasteiger partial charge in [-0.1, -0.05) is 42.3 Å². The monoisotopic (exact) mass is 560 g/mol. The zero-order chi connectivity index (χ0) is 28.9. The molecule has 0 saturated heterocycles. The van der Waals surface area contributed by atoms with Crippen LogP contribution in [-0.2, 0) is 0 Å². The number of rotatable bonds is 7. The van der Waals surface area contributed by atoms with Gasteiger partial charge >= 0.3 is 0 Å². The van der Waals surface area contributed by atoms with Crippen molar-refractivity contribution in [3.63, 3.8) is 0 Å². The van der Waals surface area contributed by atoms with Crippen LogP contribution in [-0.4, -0.2) is 28.0 Å². The molecule has 8 bridgehead atoms. The van der Waals surface area contributed by atoms with Crippen LogP contribution >= 0.6 is 0 Å². The molecule has 0 saturated carbocycles. The smallest absolute Gasteiger partial charge is 0.149 e. The Bertz CT molecular complexity index is 1960. The summed E-state index contributed by atoms with van der Waals surface area (Å²) in [6.45, 7) is 12.0. The van der Waals surface area contributed by atoms with Crippen LogP contribution in [0.5, 0.6) is 0 Å². The Morgan fingerprint density at radius 3 is 1.76 bits per heavy atom. The quantitative estimate of drug-likeness (QED) is 0.116. The third kappa shape index (κ3) is 5.81. The van der Waals surface area contributed by atoms with Crippen LogP contribution < -0.4 is 0 Å². The summed E-state index contributed by atoms with van der Waals surface area (Å²) in [5.74, 6) is 3.59. The molecule has 2 aliphatic rings. The maximum Gasteiger partial charge on any atom is 0.149 e. The van der Waals surface area contributed by atoms with Crippen molar-refractivity contribution in [2.45, 2.75) is 18.1 Å². The van der Waals surface area contributed by atoms with E-state index in [-0.39, 0.29) is 0 Å². The number of nitrogens with zero attached hydrogens (tertiary/aromatic N) is 2. The van der Waals surface area contributed by atoms with E-state index < -0.39 is 8.07 Å². The second kappa shape index (κ2) is 11.7. The fraction of sp³-hybridized carbons (Fsp3) is 0.0811. The molecule has 3 aromatic heterocycles. The molecular weight excluding hydrogens is 529 g/mol. The molecule has 1 aromatic carbocycles. The average molecular weight is 561 g/mol. The first-order valence-electron chi connectivity index (χ1n) is 14.1. The maximum absolute atomic E-state index is 4.87. The molecule has 6 rings (SSSR count). The van der Waals surface area contributed by atoms with Gasteiger partial charge in [0.25, 0.3) is 0 Å². The van der Waals surface area contributed by atoms with Crippen molar-refractivity contribution < 1.29 is 0 Å². The molecule has 204 valence electrons. The summed E-state index contributed by atoms with van der Waals surface area (Å²) in [7, 11) is -2.01. The second-order valence-electron chi connectivity index (χ2n) is 10.6. The van der Waals surface area contributed by atoms with E-state index >= 15 is 0 Å². The van der Waals surface area contributed by atoms with Crippen LogP contribution in [0.2, 0.25) is 18.1 Å². The van der Waals surface area contributed by atoms with E-state index in [1.165, 1.54) is 0 Å². The van der Waals surface area contributed by atoms with E-state index in [0.29, 0.717) is 0 Å². The Labute approximate surface area is 247 Å². The van der Waals surface area contributed by atoms with Gasteiger partial charge in [-0.25, -0.2) is 9.97 Å². The SMILES string of the molecule is C=CC[Si](C#Cc1ccccc1-c1cc2cc3nc(cc4ccc(cc5nc(cc1[nH]2)C=C5)[nH]4)C=C3)(CC=C)CC=C. The van der Waals surface area contributed by atoms with Crippen LogP contribution in [0, 0.1) is 11.5 Å². The normalized spacial score (nSPS) is 12.0. The van der Waals surface area contributed by atoms with Gasteiger partial charge in [0, 0.05) is 33.2 Å². The fourth-order valence-corrected chi connectivity index (χ4v) is 8.36. The molecule has 42 heavy (non-hydrogen) atoms. The highest BCUT2D eigenvalue weighted by molar-refractivity contribution is 6.88. The van der Waals surface area contributed by atoms with Crippen LogP contribution in [0.1, 0.15) is 28.3 Å². The van der Waals surface area contributed by atoms with Crippen molar-refractivity contribution in [1.82, 2.24) is 19.9 Å². The summed E-state index contributed by atoms with van der Waals surface area (Å²) in [5.41, 5.74) is 14.4. The average Bonchev–Trinajstić information content (AvgIpc) is 3.78. The Kier molecular flexibility index (Phi) is 7.55. The van der Waals surface area contributed by atoms with Crippen LogP contribution in [0.25, 0.3) is 57.5 Å². The fourth-order valence-electron chi connectivity index (χ4n) is 5.50. The minimum Gasteiger partial charge on any atom is -0.355 e. The molecule has 0 radical (unpaired) electrons. The molecule has 0 fully saturated rings. The predicted octanol–water partition coefficient (Wildman–Crippen LogP) is 9.22. The summed E-state index contributed by atoms with van der Waals surface area (Å²) in [5, 5.41) is 0. The highest BCUT2D eigenvalue weighted by Gasteiger charge is 2.27. The van der Waals surface area contributed by atoms with Crippen LogP contribution in [0.15, 0.2) is 105 Å². The summed E-state index contributed by atoms with van der Waals surface area (Å²) in [6, 6.07) is 25.6. The Hall–Kier alpha value is -5.18. The van der Waals surface area contributed by atoms with Crippen molar-refractivity contribution in [1.29, 1.82) is 0 Å². The standard InChI is InChI=1S/C37H32N4Si/c1-4-18-42(19-5-2,20-6-3)21-17-27-9-7-8-10-35(27)36-25-34-24-32-14-13-30(39-32)22-28-11-12-29(38-28)23-31-15-16-33(40-31)26-37(36)41-34/h4-16,22-26,38,41H,1-3,18-20H2. The number of nitrogens with one attached hydrogen (secondary N) is 2. The van der Waals surface area contributed by atoms with E-state index in [2.05, 4.69) is 102 Å². The Balaban J connectivity index is 1.57. The predicted molar refractivity (Wildman–Crippen MR) is 182 cm³/mol. The first-order valence-corrected chi connectivity index (χ1v) is 16.7. The molecule has 0 unspecified atom stereocenters. The lowest BCUT2D eigenvalue weighted by Crippen LogP contribution is -2.30. The number of aromatic amines is 2. The molecule has 0 aliphatic carbocycles. The molecular formula is C37H32N4Si. The number of allylic oxidation sites excluding steroid dienone is 3. The van der Waals surface area contributed by atoms with E-state index in [1.807, 2.05) is 48.6 Å². The van der Waals surface area contributed by atoms with Crippen molar-refractivity contribution in [2.24, 2.45) is 0 Å². The molecule has 2 aliphatic heterocycles. The number of aromatic nitrogens is 4. The van der Waals surface area contributed by atoms with Crippen molar-refractivity contribution in [3.8, 4) is 22.6 Å². The molecule has 0 spiro atoms. The maximum atomic E-state index is 4.87. The van der Waals surface area contributed by atoms with E-state index in [1.54, 1.807) is 0 Å². The number of hydrogen-bond acceptors (Lipinski definition) is 2. The van der Waals surface area contributed by atoms with Crippen molar-refractivity contribution in [2.75, 3.05) is 0 Å². The third-order valence-electron chi connectivity index (χ3n) is 7.45. The van der Waals surface area contributed by atoms with Gasteiger partial charge in [0.05, 0.1) is 22.8 Å². The first kappa shape index (κ1) is 27.0. The topological polar surface area (TPSA) is 57.4 Å². The van der Waals surface area contributed by atoms with Gasteiger partial charge < -0.3 is 9.97 Å². The molecule has 0 atom stereocenters. The lowest BCUT2D eigenvalue weighted by Gasteiger charge is -2.21. The lowest BCUT2D eigenvalue weighted by molar-refractivity contribution is 1.31. The third-order valence-corrected chi connectivity index (χ3v) is 11.3. The highest BCUT2D eigenvalue weighted by atomic mass is 28.3. The van der Waals surface area contributed by atoms with Crippen LogP contribution in [0.3, 0.4) is 0 Å². The van der Waals surface area contributed by atoms with E-state index in [0.717, 1.165) is 79.7 Å². The summed E-state index contributed by atoms with van der Waals surface area (Å²) >= 11 is 0. The zero-order valence-corrected chi connectivity index (χ0v) is 24.5. The molecule has 5 heterocycles. The number of hydrogen-bond donors (Lipinski definition) is 2. The van der Waals surface area contributed by atoms with Crippen molar-refractivity contribution >= 4 is 54.4 Å².